The lowest BCUT2D eigenvalue weighted by Crippen LogP contribution is -2.14. The lowest BCUT2D eigenvalue weighted by molar-refractivity contribution is 0.102. The quantitative estimate of drug-likeness (QED) is 0.260. The molecule has 0 aliphatic rings. The van der Waals surface area contributed by atoms with Crippen molar-refractivity contribution in [3.63, 3.8) is 0 Å². The summed E-state index contributed by atoms with van der Waals surface area (Å²) >= 11 is 7.51. The number of thioether (sulfide) groups is 1. The van der Waals surface area contributed by atoms with Crippen molar-refractivity contribution in [3.05, 3.63) is 119 Å². The van der Waals surface area contributed by atoms with Crippen LogP contribution in [0.15, 0.2) is 113 Å². The molecule has 0 spiro atoms. The molecule has 5 nitrogen and oxygen atoms in total. The number of carbonyl (C=O) groups excluding carboxylic acids is 1. The van der Waals surface area contributed by atoms with E-state index in [1.807, 2.05) is 48.5 Å². The summed E-state index contributed by atoms with van der Waals surface area (Å²) in [6.07, 6.45) is 0. The lowest BCUT2D eigenvalue weighted by atomic mass is 10.2. The summed E-state index contributed by atoms with van der Waals surface area (Å²) in [4.78, 5) is 13.9. The fraction of sp³-hybridized carbons (Fsp3) is 0.0385. The van der Waals surface area contributed by atoms with E-state index in [1.54, 1.807) is 48.2 Å². The molecule has 172 valence electrons. The summed E-state index contributed by atoms with van der Waals surface area (Å²) in [5.74, 6) is 0.487. The topological polar surface area (TPSA) is 75.3 Å². The Kier molecular flexibility index (Phi) is 7.57. The van der Waals surface area contributed by atoms with Crippen molar-refractivity contribution in [1.82, 2.24) is 0 Å². The maximum absolute atomic E-state index is 12.9. The van der Waals surface area contributed by atoms with Crippen LogP contribution in [0.4, 0.5) is 11.4 Å². The molecule has 0 radical (unpaired) electrons. The number of carbonyl (C=O) groups is 1. The molecule has 34 heavy (non-hydrogen) atoms. The Morgan fingerprint density at radius 3 is 2.24 bits per heavy atom. The number of nitrogens with one attached hydrogen (secondary N) is 2. The Balaban J connectivity index is 1.44. The van der Waals surface area contributed by atoms with Gasteiger partial charge in [0.05, 0.1) is 16.1 Å². The number of amides is 1. The predicted octanol–water partition coefficient (Wildman–Crippen LogP) is 6.69. The van der Waals surface area contributed by atoms with Crippen molar-refractivity contribution in [2.45, 2.75) is 15.5 Å². The highest BCUT2D eigenvalue weighted by molar-refractivity contribution is 7.98. The molecule has 0 aliphatic carbocycles. The highest BCUT2D eigenvalue weighted by Gasteiger charge is 2.16. The number of hydrogen-bond donors (Lipinski definition) is 2. The van der Waals surface area contributed by atoms with E-state index in [9.17, 15) is 13.2 Å². The van der Waals surface area contributed by atoms with Gasteiger partial charge in [0.2, 0.25) is 0 Å². The zero-order chi connectivity index (χ0) is 24.0. The second-order valence-electron chi connectivity index (χ2n) is 7.36. The third-order valence-electron chi connectivity index (χ3n) is 4.87. The Morgan fingerprint density at radius 2 is 1.50 bits per heavy atom. The highest BCUT2D eigenvalue weighted by Crippen LogP contribution is 2.27. The highest BCUT2D eigenvalue weighted by atomic mass is 35.5. The van der Waals surface area contributed by atoms with Gasteiger partial charge in [-0.2, -0.15) is 0 Å². The zero-order valence-electron chi connectivity index (χ0n) is 17.9. The SMILES string of the molecule is O=C(Nc1ccc(S(=O)(=O)Nc2cccc(Cl)c2)cc1)c1ccccc1SCc1ccccc1. The van der Waals surface area contributed by atoms with Crippen LogP contribution in [0, 0.1) is 0 Å². The summed E-state index contributed by atoms with van der Waals surface area (Å²) in [6, 6.07) is 29.9. The minimum absolute atomic E-state index is 0.0734. The number of benzene rings is 4. The molecular weight excluding hydrogens is 488 g/mol. The fourth-order valence-electron chi connectivity index (χ4n) is 3.20. The normalized spacial score (nSPS) is 11.1. The average Bonchev–Trinajstić information content (AvgIpc) is 2.83. The van der Waals surface area contributed by atoms with Crippen LogP contribution in [-0.2, 0) is 15.8 Å². The zero-order valence-corrected chi connectivity index (χ0v) is 20.3. The third kappa shape index (κ3) is 6.20. The standard InChI is InChI=1S/C26H21ClN2O3S2/c27-20-9-6-10-22(17-20)29-34(31,32)23-15-13-21(14-16-23)28-26(30)24-11-4-5-12-25(24)33-18-19-7-2-1-3-8-19/h1-17,29H,18H2,(H,28,30). The minimum atomic E-state index is -3.79. The molecule has 0 heterocycles. The predicted molar refractivity (Wildman–Crippen MR) is 139 cm³/mol. The second-order valence-corrected chi connectivity index (χ2v) is 10.5. The van der Waals surface area contributed by atoms with Gasteiger partial charge in [0.1, 0.15) is 0 Å². The average molecular weight is 509 g/mol. The van der Waals surface area contributed by atoms with Crippen LogP contribution in [0.3, 0.4) is 0 Å². The largest absolute Gasteiger partial charge is 0.322 e. The van der Waals surface area contributed by atoms with Crippen LogP contribution in [0.25, 0.3) is 0 Å². The second kappa shape index (κ2) is 10.8. The molecule has 0 saturated heterocycles. The summed E-state index contributed by atoms with van der Waals surface area (Å²) in [6.45, 7) is 0. The van der Waals surface area contributed by atoms with E-state index in [-0.39, 0.29) is 10.8 Å². The number of halogens is 1. The first-order valence-electron chi connectivity index (χ1n) is 10.4. The van der Waals surface area contributed by atoms with Crippen molar-refractivity contribution in [2.75, 3.05) is 10.0 Å². The van der Waals surface area contributed by atoms with Gasteiger partial charge >= 0.3 is 0 Å². The van der Waals surface area contributed by atoms with E-state index in [0.717, 1.165) is 10.6 Å². The van der Waals surface area contributed by atoms with Crippen molar-refractivity contribution in [2.24, 2.45) is 0 Å². The summed E-state index contributed by atoms with van der Waals surface area (Å²) in [7, 11) is -3.79. The van der Waals surface area contributed by atoms with Gasteiger partial charge in [0.15, 0.2) is 0 Å². The van der Waals surface area contributed by atoms with Gasteiger partial charge in [-0.25, -0.2) is 8.42 Å². The molecule has 0 saturated carbocycles. The first-order valence-corrected chi connectivity index (χ1v) is 13.2. The van der Waals surface area contributed by atoms with Crippen LogP contribution < -0.4 is 10.0 Å². The van der Waals surface area contributed by atoms with Crippen molar-refractivity contribution >= 4 is 50.7 Å². The molecule has 0 aromatic heterocycles. The van der Waals surface area contributed by atoms with Crippen molar-refractivity contribution < 1.29 is 13.2 Å². The number of hydrogen-bond acceptors (Lipinski definition) is 4. The number of sulfonamides is 1. The van der Waals surface area contributed by atoms with E-state index >= 15 is 0 Å². The van der Waals surface area contributed by atoms with E-state index in [1.165, 1.54) is 23.8 Å². The van der Waals surface area contributed by atoms with Crippen LogP contribution >= 0.6 is 23.4 Å². The summed E-state index contributed by atoms with van der Waals surface area (Å²) < 4.78 is 27.8. The third-order valence-corrected chi connectivity index (χ3v) is 7.65. The van der Waals surface area contributed by atoms with Crippen LogP contribution in [0.2, 0.25) is 5.02 Å². The first kappa shape index (κ1) is 23.9. The van der Waals surface area contributed by atoms with Gasteiger partial charge in [-0.05, 0) is 60.2 Å². The summed E-state index contributed by atoms with van der Waals surface area (Å²) in [5, 5.41) is 3.28. The van der Waals surface area contributed by atoms with E-state index in [4.69, 9.17) is 11.6 Å². The molecule has 0 bridgehead atoms. The Labute approximate surface area is 208 Å². The lowest BCUT2D eigenvalue weighted by Gasteiger charge is -2.11. The van der Waals surface area contributed by atoms with E-state index in [0.29, 0.717) is 22.0 Å². The van der Waals surface area contributed by atoms with Gasteiger partial charge in [-0.15, -0.1) is 11.8 Å². The Bertz CT molecular complexity index is 1390. The van der Waals surface area contributed by atoms with Gasteiger partial charge in [-0.3, -0.25) is 9.52 Å². The molecule has 0 aliphatic heterocycles. The van der Waals surface area contributed by atoms with Gasteiger partial charge in [0.25, 0.3) is 15.9 Å². The number of anilines is 2. The van der Waals surface area contributed by atoms with Crippen LogP contribution in [0.1, 0.15) is 15.9 Å². The van der Waals surface area contributed by atoms with Crippen molar-refractivity contribution in [3.8, 4) is 0 Å². The molecule has 0 atom stereocenters. The van der Waals surface area contributed by atoms with E-state index in [2.05, 4.69) is 10.0 Å². The molecule has 4 aromatic carbocycles. The molecule has 0 fully saturated rings. The van der Waals surface area contributed by atoms with Gasteiger partial charge < -0.3 is 5.32 Å². The Hall–Kier alpha value is -3.26. The molecule has 4 rings (SSSR count). The fourth-order valence-corrected chi connectivity index (χ4v) is 5.44. The smallest absolute Gasteiger partial charge is 0.261 e. The molecule has 4 aromatic rings. The van der Waals surface area contributed by atoms with Crippen LogP contribution in [-0.4, -0.2) is 14.3 Å². The van der Waals surface area contributed by atoms with Crippen LogP contribution in [0.5, 0.6) is 0 Å². The van der Waals surface area contributed by atoms with Crippen molar-refractivity contribution in [1.29, 1.82) is 0 Å². The minimum Gasteiger partial charge on any atom is -0.322 e. The summed E-state index contributed by atoms with van der Waals surface area (Å²) in [5.41, 5.74) is 2.60. The van der Waals surface area contributed by atoms with E-state index < -0.39 is 10.0 Å². The first-order chi connectivity index (χ1) is 16.4. The molecule has 2 N–H and O–H groups in total. The monoisotopic (exact) mass is 508 g/mol. The molecule has 8 heteroatoms. The molecule has 0 unspecified atom stereocenters. The number of rotatable bonds is 8. The van der Waals surface area contributed by atoms with Gasteiger partial charge in [0, 0.05) is 21.4 Å². The maximum atomic E-state index is 12.9. The molecular formula is C26H21ClN2O3S2. The van der Waals surface area contributed by atoms with Gasteiger partial charge in [-0.1, -0.05) is 60.1 Å². The Morgan fingerprint density at radius 1 is 0.794 bits per heavy atom. The molecule has 1 amide bonds. The maximum Gasteiger partial charge on any atom is 0.261 e.